The first-order chi connectivity index (χ1) is 8.87. The van der Waals surface area contributed by atoms with E-state index in [4.69, 9.17) is 0 Å². The van der Waals surface area contributed by atoms with E-state index in [0.29, 0.717) is 0 Å². The van der Waals surface area contributed by atoms with Gasteiger partial charge in [-0.05, 0) is 45.7 Å². The van der Waals surface area contributed by atoms with Crippen LogP contribution in [-0.4, -0.2) is 11.1 Å². The fourth-order valence-electron chi connectivity index (χ4n) is 4.45. The van der Waals surface area contributed by atoms with E-state index in [0.717, 1.165) is 0 Å². The van der Waals surface area contributed by atoms with E-state index in [1.165, 1.54) is 22.4 Å². The van der Waals surface area contributed by atoms with Crippen molar-refractivity contribution in [2.75, 3.05) is 4.90 Å². The highest BCUT2D eigenvalue weighted by Gasteiger charge is 2.63. The maximum Gasteiger partial charge on any atom is 0.0453 e. The lowest BCUT2D eigenvalue weighted by atomic mass is 9.65. The molecule has 3 rings (SSSR count). The molecule has 20 heavy (non-hydrogen) atoms. The van der Waals surface area contributed by atoms with Crippen molar-refractivity contribution in [3.8, 4) is 0 Å². The van der Waals surface area contributed by atoms with E-state index in [1.807, 2.05) is 0 Å². The molecule has 1 heteroatoms. The Morgan fingerprint density at radius 1 is 0.700 bits per heavy atom. The summed E-state index contributed by atoms with van der Waals surface area (Å²) in [6, 6.07) is 4.83. The van der Waals surface area contributed by atoms with Gasteiger partial charge in [-0.2, -0.15) is 0 Å². The Morgan fingerprint density at radius 2 is 1.05 bits per heavy atom. The second-order valence-corrected chi connectivity index (χ2v) is 8.91. The molecule has 0 aliphatic carbocycles. The fourth-order valence-corrected chi connectivity index (χ4v) is 4.45. The van der Waals surface area contributed by atoms with Crippen LogP contribution in [0.4, 0.5) is 5.69 Å². The van der Waals surface area contributed by atoms with Gasteiger partial charge in [-0.3, -0.25) is 0 Å². The Bertz CT molecular complexity index is 553. The summed E-state index contributed by atoms with van der Waals surface area (Å²) in [6.45, 7) is 21.5. The second kappa shape index (κ2) is 3.26. The zero-order chi connectivity index (χ0) is 15.3. The maximum absolute atomic E-state index is 2.71. The van der Waals surface area contributed by atoms with Crippen molar-refractivity contribution in [2.24, 2.45) is 0 Å². The number of aryl methyl sites for hydroxylation is 1. The van der Waals surface area contributed by atoms with Crippen LogP contribution in [0.25, 0.3) is 0 Å². The molecule has 0 radical (unpaired) electrons. The highest BCUT2D eigenvalue weighted by molar-refractivity contribution is 5.78. The fraction of sp³-hybridized carbons (Fsp3) is 0.684. The molecule has 2 heterocycles. The molecule has 2 aliphatic heterocycles. The molecule has 0 fully saturated rings. The molecule has 1 nitrogen and oxygen atoms in total. The highest BCUT2D eigenvalue weighted by Crippen LogP contribution is 2.64. The van der Waals surface area contributed by atoms with Gasteiger partial charge in [0.1, 0.15) is 0 Å². The molecular formula is C19H29N. The molecular weight excluding hydrogens is 242 g/mol. The molecule has 0 N–H and O–H groups in total. The maximum atomic E-state index is 2.71. The third-order valence-electron chi connectivity index (χ3n) is 7.00. The number of rotatable bonds is 0. The number of benzene rings is 1. The van der Waals surface area contributed by atoms with Crippen molar-refractivity contribution in [2.45, 2.75) is 84.2 Å². The average Bonchev–Trinajstić information content (AvgIpc) is 2.53. The van der Waals surface area contributed by atoms with Gasteiger partial charge in [-0.1, -0.05) is 45.4 Å². The normalized spacial score (nSPS) is 26.8. The van der Waals surface area contributed by atoms with Crippen LogP contribution in [-0.2, 0) is 10.8 Å². The van der Waals surface area contributed by atoms with Gasteiger partial charge in [-0.25, -0.2) is 0 Å². The minimum absolute atomic E-state index is 0.134. The van der Waals surface area contributed by atoms with Gasteiger partial charge in [0.05, 0.1) is 0 Å². The van der Waals surface area contributed by atoms with Crippen LogP contribution in [0.15, 0.2) is 12.1 Å². The van der Waals surface area contributed by atoms with Crippen molar-refractivity contribution in [3.63, 3.8) is 0 Å². The Balaban J connectivity index is 2.47. The van der Waals surface area contributed by atoms with E-state index in [1.54, 1.807) is 0 Å². The van der Waals surface area contributed by atoms with Crippen LogP contribution < -0.4 is 4.90 Å². The van der Waals surface area contributed by atoms with E-state index in [2.05, 4.69) is 79.3 Å². The number of nitrogens with zero attached hydrogens (tertiary/aromatic N) is 1. The first-order valence-corrected chi connectivity index (χ1v) is 7.83. The van der Waals surface area contributed by atoms with Crippen LogP contribution in [0.5, 0.6) is 0 Å². The summed E-state index contributed by atoms with van der Waals surface area (Å²) in [5.74, 6) is 0. The van der Waals surface area contributed by atoms with Crippen molar-refractivity contribution in [3.05, 3.63) is 28.8 Å². The summed E-state index contributed by atoms with van der Waals surface area (Å²) in [4.78, 5) is 2.71. The molecule has 0 saturated carbocycles. The minimum atomic E-state index is 0.134. The first-order valence-electron chi connectivity index (χ1n) is 7.83. The molecule has 2 aliphatic rings. The standard InChI is InChI=1S/C19H29N/c1-12-10-13-15-14(11-12)17(4,5)19(8,9)20(15)18(6,7)16(13,2)3/h10-11H,1-9H3. The lowest BCUT2D eigenvalue weighted by Gasteiger charge is -2.52. The molecule has 1 aromatic carbocycles. The van der Waals surface area contributed by atoms with Gasteiger partial charge in [0, 0.05) is 27.6 Å². The Labute approximate surface area is 124 Å². The van der Waals surface area contributed by atoms with E-state index < -0.39 is 0 Å². The third-order valence-corrected chi connectivity index (χ3v) is 7.00. The second-order valence-electron chi connectivity index (χ2n) is 8.91. The topological polar surface area (TPSA) is 3.24 Å². The molecule has 0 spiro atoms. The van der Waals surface area contributed by atoms with Gasteiger partial charge < -0.3 is 4.90 Å². The summed E-state index contributed by atoms with van der Waals surface area (Å²) >= 11 is 0. The highest BCUT2D eigenvalue weighted by atomic mass is 15.3. The summed E-state index contributed by atoms with van der Waals surface area (Å²) in [7, 11) is 0. The number of anilines is 1. The molecule has 0 bridgehead atoms. The molecule has 0 unspecified atom stereocenters. The molecule has 0 amide bonds. The lowest BCUT2D eigenvalue weighted by Crippen LogP contribution is -2.62. The number of hydrogen-bond acceptors (Lipinski definition) is 1. The monoisotopic (exact) mass is 271 g/mol. The SMILES string of the molecule is Cc1cc2c3c(c1)C(C)(C)C(C)(C)N3C(C)(C)C2(C)C. The summed E-state index contributed by atoms with van der Waals surface area (Å²) in [5.41, 5.74) is 6.61. The Kier molecular flexibility index (Phi) is 2.28. The molecule has 0 aromatic heterocycles. The van der Waals surface area contributed by atoms with Crippen molar-refractivity contribution >= 4 is 5.69 Å². The summed E-state index contributed by atoms with van der Waals surface area (Å²) < 4.78 is 0. The zero-order valence-corrected chi connectivity index (χ0v) is 14.6. The first kappa shape index (κ1) is 14.0. The van der Waals surface area contributed by atoms with Crippen LogP contribution in [0.1, 0.15) is 72.1 Å². The van der Waals surface area contributed by atoms with E-state index in [-0.39, 0.29) is 21.9 Å². The number of hydrogen-bond donors (Lipinski definition) is 0. The van der Waals surface area contributed by atoms with Crippen LogP contribution in [0.3, 0.4) is 0 Å². The largest absolute Gasteiger partial charge is 0.359 e. The molecule has 0 saturated heterocycles. The van der Waals surface area contributed by atoms with Crippen molar-refractivity contribution in [1.82, 2.24) is 0 Å². The van der Waals surface area contributed by atoms with E-state index >= 15 is 0 Å². The Morgan fingerprint density at radius 3 is 1.40 bits per heavy atom. The zero-order valence-electron chi connectivity index (χ0n) is 14.6. The predicted octanol–water partition coefficient (Wildman–Crippen LogP) is 4.94. The van der Waals surface area contributed by atoms with Gasteiger partial charge in [0.2, 0.25) is 0 Å². The lowest BCUT2D eigenvalue weighted by molar-refractivity contribution is 0.214. The Hall–Kier alpha value is -0.980. The average molecular weight is 271 g/mol. The molecule has 110 valence electrons. The van der Waals surface area contributed by atoms with Crippen LogP contribution >= 0.6 is 0 Å². The quantitative estimate of drug-likeness (QED) is 0.646. The summed E-state index contributed by atoms with van der Waals surface area (Å²) in [6.07, 6.45) is 0. The van der Waals surface area contributed by atoms with Crippen molar-refractivity contribution in [1.29, 1.82) is 0 Å². The minimum Gasteiger partial charge on any atom is -0.359 e. The van der Waals surface area contributed by atoms with Crippen LogP contribution in [0, 0.1) is 6.92 Å². The predicted molar refractivity (Wildman–Crippen MR) is 87.9 cm³/mol. The third kappa shape index (κ3) is 1.17. The molecule has 1 aromatic rings. The smallest absolute Gasteiger partial charge is 0.0453 e. The van der Waals surface area contributed by atoms with E-state index in [9.17, 15) is 0 Å². The molecule has 0 atom stereocenters. The van der Waals surface area contributed by atoms with Gasteiger partial charge in [-0.15, -0.1) is 0 Å². The van der Waals surface area contributed by atoms with Gasteiger partial charge in [0.15, 0.2) is 0 Å². The van der Waals surface area contributed by atoms with Gasteiger partial charge >= 0.3 is 0 Å². The van der Waals surface area contributed by atoms with Crippen LogP contribution in [0.2, 0.25) is 0 Å². The summed E-state index contributed by atoms with van der Waals surface area (Å²) in [5, 5.41) is 0. The van der Waals surface area contributed by atoms with Crippen molar-refractivity contribution < 1.29 is 0 Å². The van der Waals surface area contributed by atoms with Gasteiger partial charge in [0.25, 0.3) is 0 Å².